The number of ketones is 1. The molecule has 0 aliphatic heterocycles. The van der Waals surface area contributed by atoms with Crippen LogP contribution in [0, 0.1) is 0 Å². The first-order valence-corrected chi connectivity index (χ1v) is 6.86. The number of carbonyl (C=O) groups is 1. The van der Waals surface area contributed by atoms with Gasteiger partial charge in [0, 0.05) is 0 Å². The number of hydrogen-bond acceptors (Lipinski definition) is 2. The highest BCUT2D eigenvalue weighted by molar-refractivity contribution is 5.87. The first-order chi connectivity index (χ1) is 10.2. The van der Waals surface area contributed by atoms with Crippen LogP contribution in [-0.4, -0.2) is 5.78 Å². The Labute approximate surface area is 125 Å². The molecule has 0 N–H and O–H groups in total. The average molecular weight is 278 g/mol. The van der Waals surface area contributed by atoms with Gasteiger partial charge in [-0.05, 0) is 36.3 Å². The van der Waals surface area contributed by atoms with Crippen LogP contribution in [0.15, 0.2) is 72.8 Å². The molecule has 0 bridgehead atoms. The summed E-state index contributed by atoms with van der Waals surface area (Å²) in [7, 11) is 0. The van der Waals surface area contributed by atoms with E-state index in [-0.39, 0.29) is 5.78 Å². The Kier molecular flexibility index (Phi) is 5.53. The van der Waals surface area contributed by atoms with Gasteiger partial charge in [-0.1, -0.05) is 60.7 Å². The molecule has 2 aromatic carbocycles. The zero-order valence-corrected chi connectivity index (χ0v) is 12.0. The molecule has 0 radical (unpaired) electrons. The molecule has 0 saturated carbocycles. The van der Waals surface area contributed by atoms with Gasteiger partial charge in [-0.15, -0.1) is 0 Å². The molecule has 21 heavy (non-hydrogen) atoms. The molecule has 2 rings (SSSR count). The lowest BCUT2D eigenvalue weighted by atomic mass is 10.2. The van der Waals surface area contributed by atoms with Gasteiger partial charge in [0.1, 0.15) is 12.4 Å². The first kappa shape index (κ1) is 14.8. The van der Waals surface area contributed by atoms with Crippen molar-refractivity contribution in [2.24, 2.45) is 0 Å². The minimum atomic E-state index is 0.0413. The van der Waals surface area contributed by atoms with E-state index in [2.05, 4.69) is 0 Å². The molecular weight excluding hydrogens is 260 g/mol. The summed E-state index contributed by atoms with van der Waals surface area (Å²) in [6, 6.07) is 17.9. The molecule has 0 saturated heterocycles. The summed E-state index contributed by atoms with van der Waals surface area (Å²) in [5.74, 6) is 0.871. The van der Waals surface area contributed by atoms with E-state index in [1.807, 2.05) is 66.7 Å². The summed E-state index contributed by atoms with van der Waals surface area (Å²) >= 11 is 0. The van der Waals surface area contributed by atoms with Crippen LogP contribution < -0.4 is 4.74 Å². The largest absolute Gasteiger partial charge is 0.489 e. The van der Waals surface area contributed by atoms with Gasteiger partial charge in [-0.25, -0.2) is 0 Å². The van der Waals surface area contributed by atoms with Crippen molar-refractivity contribution in [3.63, 3.8) is 0 Å². The second kappa shape index (κ2) is 7.85. The van der Waals surface area contributed by atoms with Crippen LogP contribution in [0.5, 0.6) is 5.75 Å². The molecule has 2 heteroatoms. The summed E-state index contributed by atoms with van der Waals surface area (Å²) in [4.78, 5) is 10.8. The number of hydrogen-bond donors (Lipinski definition) is 0. The molecule has 0 atom stereocenters. The maximum Gasteiger partial charge on any atom is 0.152 e. The highest BCUT2D eigenvalue weighted by atomic mass is 16.5. The zero-order valence-electron chi connectivity index (χ0n) is 12.0. The normalized spacial score (nSPS) is 11.1. The van der Waals surface area contributed by atoms with E-state index in [1.165, 1.54) is 13.0 Å². The van der Waals surface area contributed by atoms with Crippen LogP contribution in [-0.2, 0) is 11.4 Å². The Morgan fingerprint density at radius 2 is 1.86 bits per heavy atom. The summed E-state index contributed by atoms with van der Waals surface area (Å²) in [5, 5.41) is 0. The fourth-order valence-corrected chi connectivity index (χ4v) is 1.81. The van der Waals surface area contributed by atoms with Crippen molar-refractivity contribution in [1.29, 1.82) is 0 Å². The van der Waals surface area contributed by atoms with Crippen LogP contribution in [0.3, 0.4) is 0 Å². The average Bonchev–Trinajstić information content (AvgIpc) is 2.51. The third-order valence-corrected chi connectivity index (χ3v) is 2.84. The van der Waals surface area contributed by atoms with Gasteiger partial charge in [0.05, 0.1) is 0 Å². The molecule has 106 valence electrons. The van der Waals surface area contributed by atoms with Gasteiger partial charge >= 0.3 is 0 Å². The Morgan fingerprint density at radius 1 is 1.05 bits per heavy atom. The van der Waals surface area contributed by atoms with Crippen molar-refractivity contribution in [2.75, 3.05) is 0 Å². The molecule has 0 unspecified atom stereocenters. The lowest BCUT2D eigenvalue weighted by Gasteiger charge is -2.06. The molecule has 2 aromatic rings. The molecule has 0 heterocycles. The number of ether oxygens (including phenoxy) is 1. The van der Waals surface area contributed by atoms with Gasteiger partial charge in [0.2, 0.25) is 0 Å². The Hall–Kier alpha value is -2.61. The van der Waals surface area contributed by atoms with Crippen molar-refractivity contribution >= 4 is 11.9 Å². The maximum absolute atomic E-state index is 10.8. The zero-order chi connectivity index (χ0) is 14.9. The molecule has 0 fully saturated rings. The molecule has 0 amide bonds. The smallest absolute Gasteiger partial charge is 0.152 e. The minimum Gasteiger partial charge on any atom is -0.489 e. The van der Waals surface area contributed by atoms with E-state index >= 15 is 0 Å². The van der Waals surface area contributed by atoms with E-state index < -0.39 is 0 Å². The van der Waals surface area contributed by atoms with Gasteiger partial charge in [-0.3, -0.25) is 4.79 Å². The SMILES string of the molecule is CC(=O)C=CC=Cc1cccc(OCc2ccccc2)c1. The summed E-state index contributed by atoms with van der Waals surface area (Å²) in [6.07, 6.45) is 7.05. The minimum absolute atomic E-state index is 0.0413. The maximum atomic E-state index is 10.8. The third-order valence-electron chi connectivity index (χ3n) is 2.84. The lowest BCUT2D eigenvalue weighted by molar-refractivity contribution is -0.112. The van der Waals surface area contributed by atoms with E-state index in [0.29, 0.717) is 6.61 Å². The standard InChI is InChI=1S/C19H18O2/c1-16(20)8-5-6-9-17-12-7-13-19(14-17)21-15-18-10-3-2-4-11-18/h2-14H,15H2,1H3. The molecule has 0 spiro atoms. The number of benzene rings is 2. The quantitative estimate of drug-likeness (QED) is 0.577. The Balaban J connectivity index is 1.96. The molecule has 2 nitrogen and oxygen atoms in total. The summed E-state index contributed by atoms with van der Waals surface area (Å²) in [5.41, 5.74) is 2.18. The van der Waals surface area contributed by atoms with E-state index in [0.717, 1.165) is 16.9 Å². The van der Waals surface area contributed by atoms with Crippen LogP contribution in [0.2, 0.25) is 0 Å². The van der Waals surface area contributed by atoms with Crippen molar-refractivity contribution in [1.82, 2.24) is 0 Å². The molecular formula is C19H18O2. The van der Waals surface area contributed by atoms with Gasteiger partial charge in [0.25, 0.3) is 0 Å². The highest BCUT2D eigenvalue weighted by Crippen LogP contribution is 2.16. The Bertz CT molecular complexity index is 640. The van der Waals surface area contributed by atoms with Crippen LogP contribution in [0.1, 0.15) is 18.1 Å². The predicted molar refractivity (Wildman–Crippen MR) is 86.1 cm³/mol. The van der Waals surface area contributed by atoms with Gasteiger partial charge in [0.15, 0.2) is 5.78 Å². The van der Waals surface area contributed by atoms with Crippen molar-refractivity contribution in [3.05, 3.63) is 84.0 Å². The number of allylic oxidation sites excluding steroid dienone is 3. The van der Waals surface area contributed by atoms with Gasteiger partial charge in [-0.2, -0.15) is 0 Å². The van der Waals surface area contributed by atoms with Crippen molar-refractivity contribution < 1.29 is 9.53 Å². The topological polar surface area (TPSA) is 26.3 Å². The van der Waals surface area contributed by atoms with Crippen LogP contribution >= 0.6 is 0 Å². The summed E-state index contributed by atoms with van der Waals surface area (Å²) in [6.45, 7) is 2.08. The van der Waals surface area contributed by atoms with Crippen molar-refractivity contribution in [2.45, 2.75) is 13.5 Å². The number of carbonyl (C=O) groups excluding carboxylic acids is 1. The monoisotopic (exact) mass is 278 g/mol. The fraction of sp³-hybridized carbons (Fsp3) is 0.105. The molecule has 0 aliphatic rings. The highest BCUT2D eigenvalue weighted by Gasteiger charge is 1.96. The summed E-state index contributed by atoms with van der Waals surface area (Å²) < 4.78 is 5.77. The second-order valence-corrected chi connectivity index (χ2v) is 4.68. The first-order valence-electron chi connectivity index (χ1n) is 6.86. The lowest BCUT2D eigenvalue weighted by Crippen LogP contribution is -1.94. The van der Waals surface area contributed by atoms with Crippen LogP contribution in [0.4, 0.5) is 0 Å². The second-order valence-electron chi connectivity index (χ2n) is 4.68. The predicted octanol–water partition coefficient (Wildman–Crippen LogP) is 4.42. The van der Waals surface area contributed by atoms with Gasteiger partial charge < -0.3 is 4.74 Å². The van der Waals surface area contributed by atoms with E-state index in [1.54, 1.807) is 6.08 Å². The molecule has 0 aliphatic carbocycles. The van der Waals surface area contributed by atoms with E-state index in [9.17, 15) is 4.79 Å². The van der Waals surface area contributed by atoms with Crippen LogP contribution in [0.25, 0.3) is 6.08 Å². The number of rotatable bonds is 6. The van der Waals surface area contributed by atoms with E-state index in [4.69, 9.17) is 4.74 Å². The Morgan fingerprint density at radius 3 is 2.62 bits per heavy atom. The molecule has 0 aromatic heterocycles. The third kappa shape index (κ3) is 5.49. The van der Waals surface area contributed by atoms with Crippen molar-refractivity contribution in [3.8, 4) is 5.75 Å². The fourth-order valence-electron chi connectivity index (χ4n) is 1.81.